The fraction of sp³-hybridized carbons (Fsp3) is 0.125. The number of benzene rings is 3. The second-order valence-corrected chi connectivity index (χ2v) is 9.15. The molecule has 0 spiro atoms. The Hall–Kier alpha value is -4.64. The van der Waals surface area contributed by atoms with Crippen molar-refractivity contribution in [3.8, 4) is 22.5 Å². The van der Waals surface area contributed by atoms with Crippen LogP contribution in [0.4, 0.5) is 5.69 Å². The first kappa shape index (κ1) is 25.5. The first-order valence-electron chi connectivity index (χ1n) is 12.1. The van der Waals surface area contributed by atoms with E-state index in [4.69, 9.17) is 0 Å². The smallest absolute Gasteiger partial charge is 0.255 e. The van der Waals surface area contributed by atoms with Gasteiger partial charge in [0.1, 0.15) is 0 Å². The Kier molecular flexibility index (Phi) is 7.84. The quantitative estimate of drug-likeness (QED) is 0.310. The molecule has 186 valence electrons. The largest absolute Gasteiger partial charge is 0.378 e. The minimum absolute atomic E-state index is 0.00629. The summed E-state index contributed by atoms with van der Waals surface area (Å²) in [6, 6.07) is 33.0. The molecular formula is C32H31N3O2. The summed E-state index contributed by atoms with van der Waals surface area (Å²) in [7, 11) is 3.99. The molecular weight excluding hydrogens is 458 g/mol. The van der Waals surface area contributed by atoms with E-state index in [1.54, 1.807) is 21.3 Å². The molecule has 5 nitrogen and oxygen atoms in total. The molecule has 0 saturated carbocycles. The molecule has 5 aromatic rings. The molecule has 0 N–H and O–H groups in total. The lowest BCUT2D eigenvalue weighted by Gasteiger charge is -2.13. The van der Waals surface area contributed by atoms with E-state index in [0.717, 1.165) is 33.8 Å². The Balaban J connectivity index is 0.000000176. The zero-order valence-electron chi connectivity index (χ0n) is 21.6. The number of nitrogens with zero attached hydrogens (tertiary/aromatic N) is 3. The molecule has 2 aromatic heterocycles. The van der Waals surface area contributed by atoms with Crippen LogP contribution < -0.4 is 16.0 Å². The van der Waals surface area contributed by atoms with Crippen LogP contribution in [0, 0.1) is 13.8 Å². The van der Waals surface area contributed by atoms with Gasteiger partial charge in [-0.3, -0.25) is 18.7 Å². The van der Waals surface area contributed by atoms with Gasteiger partial charge in [0.25, 0.3) is 11.1 Å². The summed E-state index contributed by atoms with van der Waals surface area (Å²) < 4.78 is 3.33. The molecule has 0 aliphatic rings. The molecule has 0 unspecified atom stereocenters. The third kappa shape index (κ3) is 6.33. The van der Waals surface area contributed by atoms with Gasteiger partial charge in [0.05, 0.1) is 0 Å². The van der Waals surface area contributed by atoms with Crippen molar-refractivity contribution in [2.45, 2.75) is 13.8 Å². The van der Waals surface area contributed by atoms with E-state index in [9.17, 15) is 9.59 Å². The Labute approximate surface area is 217 Å². The Morgan fingerprint density at radius 2 is 0.946 bits per heavy atom. The zero-order chi connectivity index (χ0) is 26.4. The zero-order valence-corrected chi connectivity index (χ0v) is 21.6. The first-order chi connectivity index (χ1) is 17.8. The highest BCUT2D eigenvalue weighted by molar-refractivity contribution is 5.64. The van der Waals surface area contributed by atoms with Gasteiger partial charge in [-0.1, -0.05) is 54.6 Å². The second kappa shape index (κ2) is 11.4. The molecule has 0 radical (unpaired) electrons. The van der Waals surface area contributed by atoms with Crippen molar-refractivity contribution in [2.75, 3.05) is 19.0 Å². The maximum atomic E-state index is 11.9. The molecule has 0 aliphatic carbocycles. The number of hydrogen-bond donors (Lipinski definition) is 0. The fourth-order valence-electron chi connectivity index (χ4n) is 3.95. The van der Waals surface area contributed by atoms with Crippen molar-refractivity contribution in [3.05, 3.63) is 147 Å². The minimum atomic E-state index is -0.0111. The minimum Gasteiger partial charge on any atom is -0.378 e. The summed E-state index contributed by atoms with van der Waals surface area (Å²) in [6.07, 6.45) is 3.72. The molecule has 5 heteroatoms. The average Bonchev–Trinajstić information content (AvgIpc) is 2.92. The van der Waals surface area contributed by atoms with Crippen molar-refractivity contribution < 1.29 is 0 Å². The molecule has 3 aromatic carbocycles. The lowest BCUT2D eigenvalue weighted by Crippen LogP contribution is -2.16. The molecule has 2 heterocycles. The Morgan fingerprint density at radius 3 is 1.41 bits per heavy atom. The molecule has 0 aliphatic heterocycles. The standard InChI is InChI=1S/C18H15NO.C14H16N2O/c1-14-7-12-18(20)19(13-14)17-10-8-16(9-11-17)15-5-3-2-4-6-15;1-11-4-9-14(17)16(10-11)13-7-5-12(6-8-13)15(2)3/h2-13H,1H3;4-10H,1-3H3. The SMILES string of the molecule is Cc1ccc(=O)n(-c2ccc(-c3ccccc3)cc2)c1.Cc1ccc(=O)n(-c2ccc(N(C)C)cc2)c1. The first-order valence-corrected chi connectivity index (χ1v) is 12.1. The molecule has 0 atom stereocenters. The van der Waals surface area contributed by atoms with E-state index in [1.165, 1.54) is 5.56 Å². The summed E-state index contributed by atoms with van der Waals surface area (Å²) in [6.45, 7) is 3.96. The van der Waals surface area contributed by atoms with Gasteiger partial charge in [-0.25, -0.2) is 0 Å². The monoisotopic (exact) mass is 489 g/mol. The third-order valence-electron chi connectivity index (χ3n) is 6.01. The topological polar surface area (TPSA) is 47.2 Å². The van der Waals surface area contributed by atoms with E-state index >= 15 is 0 Å². The predicted molar refractivity (Wildman–Crippen MR) is 153 cm³/mol. The van der Waals surface area contributed by atoms with Crippen molar-refractivity contribution >= 4 is 5.69 Å². The van der Waals surface area contributed by atoms with Crippen LogP contribution in [-0.4, -0.2) is 23.2 Å². The van der Waals surface area contributed by atoms with Gasteiger partial charge in [-0.15, -0.1) is 0 Å². The highest BCUT2D eigenvalue weighted by atomic mass is 16.1. The molecule has 0 bridgehead atoms. The second-order valence-electron chi connectivity index (χ2n) is 9.15. The van der Waals surface area contributed by atoms with Crippen LogP contribution in [-0.2, 0) is 0 Å². The number of aryl methyl sites for hydroxylation is 2. The highest BCUT2D eigenvalue weighted by Crippen LogP contribution is 2.20. The van der Waals surface area contributed by atoms with E-state index in [2.05, 4.69) is 12.1 Å². The van der Waals surface area contributed by atoms with Crippen LogP contribution >= 0.6 is 0 Å². The number of aromatic nitrogens is 2. The Bertz CT molecular complexity index is 1580. The molecule has 37 heavy (non-hydrogen) atoms. The average molecular weight is 490 g/mol. The van der Waals surface area contributed by atoms with Gasteiger partial charge in [0.15, 0.2) is 0 Å². The summed E-state index contributed by atoms with van der Waals surface area (Å²) in [4.78, 5) is 25.7. The maximum absolute atomic E-state index is 11.9. The summed E-state index contributed by atoms with van der Waals surface area (Å²) in [5.41, 5.74) is 7.34. The van der Waals surface area contributed by atoms with Gasteiger partial charge in [-0.05, 0) is 72.5 Å². The van der Waals surface area contributed by atoms with E-state index < -0.39 is 0 Å². The number of anilines is 1. The van der Waals surface area contributed by atoms with Gasteiger partial charge >= 0.3 is 0 Å². The predicted octanol–water partition coefficient (Wildman–Crippen LogP) is 6.02. The van der Waals surface area contributed by atoms with Crippen molar-refractivity contribution in [1.29, 1.82) is 0 Å². The fourth-order valence-corrected chi connectivity index (χ4v) is 3.95. The normalized spacial score (nSPS) is 10.4. The van der Waals surface area contributed by atoms with Gasteiger partial charge < -0.3 is 4.90 Å². The van der Waals surface area contributed by atoms with Crippen LogP contribution in [0.1, 0.15) is 11.1 Å². The lowest BCUT2D eigenvalue weighted by atomic mass is 10.1. The highest BCUT2D eigenvalue weighted by Gasteiger charge is 2.02. The summed E-state index contributed by atoms with van der Waals surface area (Å²) >= 11 is 0. The molecule has 0 saturated heterocycles. The van der Waals surface area contributed by atoms with Gasteiger partial charge in [0.2, 0.25) is 0 Å². The van der Waals surface area contributed by atoms with Crippen molar-refractivity contribution in [1.82, 2.24) is 9.13 Å². The molecule has 0 fully saturated rings. The van der Waals surface area contributed by atoms with Crippen molar-refractivity contribution in [3.63, 3.8) is 0 Å². The number of pyridine rings is 2. The number of rotatable bonds is 4. The lowest BCUT2D eigenvalue weighted by molar-refractivity contribution is 0.975. The van der Waals surface area contributed by atoms with Crippen LogP contribution in [0.5, 0.6) is 0 Å². The maximum Gasteiger partial charge on any atom is 0.255 e. The molecule has 5 rings (SSSR count). The van der Waals surface area contributed by atoms with E-state index in [1.807, 2.05) is 124 Å². The van der Waals surface area contributed by atoms with Gasteiger partial charge in [0, 0.05) is 55.7 Å². The third-order valence-corrected chi connectivity index (χ3v) is 6.01. The summed E-state index contributed by atoms with van der Waals surface area (Å²) in [5, 5.41) is 0. The van der Waals surface area contributed by atoms with Gasteiger partial charge in [-0.2, -0.15) is 0 Å². The van der Waals surface area contributed by atoms with Crippen LogP contribution in [0.15, 0.2) is 125 Å². The molecule has 0 amide bonds. The Morgan fingerprint density at radius 1 is 0.514 bits per heavy atom. The van der Waals surface area contributed by atoms with Crippen LogP contribution in [0.3, 0.4) is 0 Å². The van der Waals surface area contributed by atoms with E-state index in [0.29, 0.717) is 0 Å². The van der Waals surface area contributed by atoms with Crippen LogP contribution in [0.2, 0.25) is 0 Å². The van der Waals surface area contributed by atoms with E-state index in [-0.39, 0.29) is 11.1 Å². The van der Waals surface area contributed by atoms with Crippen molar-refractivity contribution in [2.24, 2.45) is 0 Å². The summed E-state index contributed by atoms with van der Waals surface area (Å²) in [5.74, 6) is 0. The van der Waals surface area contributed by atoms with Crippen LogP contribution in [0.25, 0.3) is 22.5 Å². The number of hydrogen-bond acceptors (Lipinski definition) is 3.